The Balaban J connectivity index is 1.57. The molecule has 1 aromatic carbocycles. The summed E-state index contributed by atoms with van der Waals surface area (Å²) in [7, 11) is 6.26. The van der Waals surface area contributed by atoms with E-state index in [4.69, 9.17) is 28.4 Å². The number of aliphatic hydroxyl groups is 1. The van der Waals surface area contributed by atoms with E-state index in [2.05, 4.69) is 13.0 Å². The second kappa shape index (κ2) is 22.6. The number of allylic oxidation sites excluding steroid dienone is 5. The summed E-state index contributed by atoms with van der Waals surface area (Å²) in [6.45, 7) is 8.09. The van der Waals surface area contributed by atoms with Gasteiger partial charge >= 0.3 is 5.97 Å². The van der Waals surface area contributed by atoms with Crippen LogP contribution in [0.25, 0.3) is 0 Å². The van der Waals surface area contributed by atoms with Gasteiger partial charge in [-0.1, -0.05) is 57.2 Å². The number of Topliss-reactive ketones (excluding diaryl/α,β-unsaturated/α-hetero) is 2. The lowest BCUT2D eigenvalue weighted by Gasteiger charge is -2.42. The summed E-state index contributed by atoms with van der Waals surface area (Å²) in [4.78, 5) is 54.0. The maximum absolute atomic E-state index is 13.8. The Morgan fingerprint density at radius 2 is 1.75 bits per heavy atom. The van der Waals surface area contributed by atoms with E-state index in [1.807, 2.05) is 56.4 Å². The van der Waals surface area contributed by atoms with Gasteiger partial charge in [0, 0.05) is 39.0 Å². The molecule has 12 nitrogen and oxygen atoms in total. The number of rotatable bonds is 21. The number of aryl methyl sites for hydroxylation is 1. The largest absolute Gasteiger partial charge is 0.493 e. The average Bonchev–Trinajstić information content (AvgIpc) is 3.18. The minimum atomic E-state index is -2.34. The zero-order valence-corrected chi connectivity index (χ0v) is 34.0. The Hall–Kier alpha value is -3.84. The van der Waals surface area contributed by atoms with Crippen LogP contribution in [0.5, 0.6) is 11.5 Å². The Labute approximate surface area is 327 Å². The predicted molar refractivity (Wildman–Crippen MR) is 209 cm³/mol. The number of hydrogen-bond donors (Lipinski definition) is 1. The van der Waals surface area contributed by atoms with Crippen molar-refractivity contribution in [2.45, 2.75) is 110 Å². The number of carbonyl (C=O) groups excluding carboxylic acids is 4. The van der Waals surface area contributed by atoms with Gasteiger partial charge in [-0.25, -0.2) is 4.79 Å². The number of hydrogen-bond acceptors (Lipinski definition) is 11. The summed E-state index contributed by atoms with van der Waals surface area (Å²) in [5.41, 5.74) is 1.92. The van der Waals surface area contributed by atoms with E-state index in [0.717, 1.165) is 17.6 Å². The molecule has 1 N–H and O–H groups in total. The number of ketones is 2. The molecular formula is C43H63NO11. The number of esters is 1. The van der Waals surface area contributed by atoms with Gasteiger partial charge in [0.25, 0.3) is 11.7 Å². The molecule has 0 aromatic heterocycles. The third kappa shape index (κ3) is 13.1. The van der Waals surface area contributed by atoms with E-state index in [0.29, 0.717) is 62.9 Å². The highest BCUT2D eigenvalue weighted by atomic mass is 16.6. The topological polar surface area (TPSA) is 147 Å². The lowest BCUT2D eigenvalue weighted by molar-refractivity contribution is -0.265. The summed E-state index contributed by atoms with van der Waals surface area (Å²) < 4.78 is 33.1. The van der Waals surface area contributed by atoms with E-state index in [1.54, 1.807) is 28.3 Å². The summed E-state index contributed by atoms with van der Waals surface area (Å²) >= 11 is 0. The van der Waals surface area contributed by atoms with Crippen LogP contribution >= 0.6 is 0 Å². The third-order valence-corrected chi connectivity index (χ3v) is 10.6. The van der Waals surface area contributed by atoms with Crippen molar-refractivity contribution in [3.8, 4) is 11.5 Å². The SMILES string of the molecule is COCC(=O)[C@H](C)C[C@H](C)/C=C/C=C/C=C(\C)[C@H](C[C@@H]1CC[C@@H](C)[C@](O)(C(=O)C(=O)N2CCCCC2C(=O)OCCCc2ccc(OC)c(OC)c2)O1)OC. The molecule has 0 aliphatic carbocycles. The first kappa shape index (κ1) is 45.5. The smallest absolute Gasteiger partial charge is 0.328 e. The molecule has 2 heterocycles. The summed E-state index contributed by atoms with van der Waals surface area (Å²) in [6, 6.07) is 4.71. The van der Waals surface area contributed by atoms with Crippen molar-refractivity contribution in [2.75, 3.05) is 48.2 Å². The quantitative estimate of drug-likeness (QED) is 0.0683. The fourth-order valence-corrected chi connectivity index (χ4v) is 7.18. The fraction of sp³-hybridized carbons (Fsp3) is 0.628. The standard InChI is InChI=1S/C43H63NO11/c1-29(25-31(3)36(45)28-50-5)15-10-9-11-16-30(2)38(52-7)27-34-21-19-32(4)43(49,55-34)40(46)41(47)44-23-13-12-18-35(44)42(48)54-24-14-17-33-20-22-37(51-6)39(26-33)53-8/h9-11,15-16,20,22,26,29,31-32,34-35,38,49H,12-14,17-19,21,23-25,27-28H2,1-8H3/b11-9+,15-10+,30-16+/t29-,31-,32-,34+,35?,38+,43-/m1/s1. The van der Waals surface area contributed by atoms with Gasteiger partial charge in [0.1, 0.15) is 12.6 Å². The second-order valence-electron chi connectivity index (χ2n) is 14.9. The second-order valence-corrected chi connectivity index (χ2v) is 14.9. The van der Waals surface area contributed by atoms with Crippen molar-refractivity contribution in [1.29, 1.82) is 0 Å². The molecule has 2 aliphatic rings. The summed E-state index contributed by atoms with van der Waals surface area (Å²) in [6.07, 6.45) is 13.9. The van der Waals surface area contributed by atoms with Crippen LogP contribution in [0.1, 0.15) is 84.6 Å². The first-order valence-electron chi connectivity index (χ1n) is 19.5. The lowest BCUT2D eigenvalue weighted by Crippen LogP contribution is -2.60. The highest BCUT2D eigenvalue weighted by Gasteiger charge is 2.52. The van der Waals surface area contributed by atoms with E-state index in [9.17, 15) is 24.3 Å². The normalized spacial score (nSPS) is 23.7. The maximum atomic E-state index is 13.8. The van der Waals surface area contributed by atoms with Crippen LogP contribution in [0.2, 0.25) is 0 Å². The maximum Gasteiger partial charge on any atom is 0.328 e. The van der Waals surface area contributed by atoms with Gasteiger partial charge in [0.05, 0.1) is 33.0 Å². The number of carbonyl (C=O) groups is 4. The minimum Gasteiger partial charge on any atom is -0.493 e. The lowest BCUT2D eigenvalue weighted by atomic mass is 9.85. The highest BCUT2D eigenvalue weighted by molar-refractivity contribution is 6.39. The number of likely N-dealkylation sites (tertiary alicyclic amines) is 1. The zero-order valence-electron chi connectivity index (χ0n) is 34.0. The molecule has 1 amide bonds. The van der Waals surface area contributed by atoms with E-state index in [1.165, 1.54) is 12.0 Å². The molecule has 0 bridgehead atoms. The van der Waals surface area contributed by atoms with Crippen molar-refractivity contribution in [3.05, 3.63) is 59.7 Å². The van der Waals surface area contributed by atoms with Gasteiger partial charge in [-0.3, -0.25) is 14.4 Å². The van der Waals surface area contributed by atoms with E-state index in [-0.39, 0.29) is 43.5 Å². The number of benzene rings is 1. The van der Waals surface area contributed by atoms with E-state index >= 15 is 0 Å². The molecule has 2 saturated heterocycles. The molecule has 0 saturated carbocycles. The molecule has 2 aliphatic heterocycles. The molecule has 306 valence electrons. The van der Waals surface area contributed by atoms with Gasteiger partial charge in [-0.2, -0.15) is 0 Å². The summed E-state index contributed by atoms with van der Waals surface area (Å²) in [5, 5.41) is 11.7. The van der Waals surface area contributed by atoms with Crippen molar-refractivity contribution in [2.24, 2.45) is 17.8 Å². The number of methoxy groups -OCH3 is 4. The van der Waals surface area contributed by atoms with Crippen LogP contribution in [0.4, 0.5) is 0 Å². The Kier molecular flexibility index (Phi) is 18.8. The Bertz CT molecular complexity index is 1520. The van der Waals surface area contributed by atoms with Gasteiger partial charge in [-0.15, -0.1) is 0 Å². The molecule has 12 heteroatoms. The molecule has 55 heavy (non-hydrogen) atoms. The van der Waals surface area contributed by atoms with Crippen LogP contribution in [-0.4, -0.2) is 106 Å². The van der Waals surface area contributed by atoms with Gasteiger partial charge < -0.3 is 38.4 Å². The minimum absolute atomic E-state index is 0.0756. The monoisotopic (exact) mass is 769 g/mol. The number of nitrogens with zero attached hydrogens (tertiary/aromatic N) is 1. The van der Waals surface area contributed by atoms with Crippen LogP contribution in [0.3, 0.4) is 0 Å². The van der Waals surface area contributed by atoms with Crippen molar-refractivity contribution >= 4 is 23.4 Å². The molecule has 0 spiro atoms. The van der Waals surface area contributed by atoms with Crippen LogP contribution < -0.4 is 9.47 Å². The van der Waals surface area contributed by atoms with Gasteiger partial charge in [0.2, 0.25) is 5.79 Å². The average molecular weight is 770 g/mol. The first-order chi connectivity index (χ1) is 26.3. The molecular weight excluding hydrogens is 706 g/mol. The predicted octanol–water partition coefficient (Wildman–Crippen LogP) is 5.98. The number of piperidine rings is 1. The number of ether oxygens (including phenoxy) is 6. The number of amides is 1. The summed E-state index contributed by atoms with van der Waals surface area (Å²) in [5.74, 6) is -4.06. The van der Waals surface area contributed by atoms with Crippen molar-refractivity contribution in [1.82, 2.24) is 4.90 Å². The van der Waals surface area contributed by atoms with Crippen LogP contribution in [0, 0.1) is 17.8 Å². The third-order valence-electron chi connectivity index (χ3n) is 10.6. The van der Waals surface area contributed by atoms with Crippen LogP contribution in [-0.2, 0) is 44.5 Å². The van der Waals surface area contributed by atoms with Gasteiger partial charge in [0.15, 0.2) is 17.3 Å². The van der Waals surface area contributed by atoms with E-state index < -0.39 is 41.5 Å². The molecule has 0 radical (unpaired) electrons. The van der Waals surface area contributed by atoms with Crippen LogP contribution in [0.15, 0.2) is 54.2 Å². The molecule has 1 aromatic rings. The molecule has 2 fully saturated rings. The highest BCUT2D eigenvalue weighted by Crippen LogP contribution is 2.36. The Morgan fingerprint density at radius 1 is 1.00 bits per heavy atom. The zero-order chi connectivity index (χ0) is 40.5. The van der Waals surface area contributed by atoms with Crippen molar-refractivity contribution in [3.63, 3.8) is 0 Å². The van der Waals surface area contributed by atoms with Crippen molar-refractivity contribution < 1.29 is 52.7 Å². The first-order valence-corrected chi connectivity index (χ1v) is 19.5. The fourth-order valence-electron chi connectivity index (χ4n) is 7.18. The Morgan fingerprint density at radius 3 is 2.44 bits per heavy atom. The van der Waals surface area contributed by atoms with Gasteiger partial charge in [-0.05, 0) is 87.5 Å². The molecule has 7 atom stereocenters. The molecule has 3 rings (SSSR count). The molecule has 1 unspecified atom stereocenters.